The highest BCUT2D eigenvalue weighted by Gasteiger charge is 2.39. The van der Waals surface area contributed by atoms with Crippen LogP contribution in [0.5, 0.6) is 0 Å². The van der Waals surface area contributed by atoms with Crippen LogP contribution in [0.4, 0.5) is 0 Å². The Morgan fingerprint density at radius 1 is 1.19 bits per heavy atom. The van der Waals surface area contributed by atoms with Crippen molar-refractivity contribution in [3.63, 3.8) is 0 Å². The summed E-state index contributed by atoms with van der Waals surface area (Å²) in [7, 11) is 0. The highest BCUT2D eigenvalue weighted by atomic mass is 16.2. The van der Waals surface area contributed by atoms with E-state index in [1.54, 1.807) is 17.3 Å². The van der Waals surface area contributed by atoms with Crippen molar-refractivity contribution in [3.05, 3.63) is 30.1 Å². The largest absolute Gasteiger partial charge is 0.345 e. The first-order valence-corrected chi connectivity index (χ1v) is 9.40. The Kier molecular flexibility index (Phi) is 6.39. The predicted molar refractivity (Wildman–Crippen MR) is 103 cm³/mol. The van der Waals surface area contributed by atoms with Crippen molar-refractivity contribution in [1.29, 1.82) is 0 Å². The number of hydrogen-bond acceptors (Lipinski definition) is 4. The summed E-state index contributed by atoms with van der Waals surface area (Å²) < 4.78 is 0. The number of piperidine rings is 1. The molecule has 1 aromatic rings. The molecule has 2 amide bonds. The summed E-state index contributed by atoms with van der Waals surface area (Å²) in [6.07, 6.45) is 5.79. The third-order valence-electron chi connectivity index (χ3n) is 4.81. The van der Waals surface area contributed by atoms with Crippen LogP contribution in [-0.2, 0) is 16.0 Å². The van der Waals surface area contributed by atoms with E-state index in [9.17, 15) is 9.59 Å². The molecule has 0 saturated carbocycles. The molecule has 0 atom stereocenters. The number of pyridine rings is 1. The van der Waals surface area contributed by atoms with Gasteiger partial charge >= 0.3 is 11.8 Å². The minimum Gasteiger partial charge on any atom is -0.345 e. The van der Waals surface area contributed by atoms with Gasteiger partial charge in [-0.15, -0.1) is 0 Å². The van der Waals surface area contributed by atoms with Crippen LogP contribution < -0.4 is 10.6 Å². The lowest BCUT2D eigenvalue weighted by atomic mass is 9.79. The Bertz CT molecular complexity index is 612. The van der Waals surface area contributed by atoms with E-state index in [4.69, 9.17) is 0 Å². The van der Waals surface area contributed by atoms with Crippen molar-refractivity contribution >= 4 is 11.8 Å². The van der Waals surface area contributed by atoms with Crippen molar-refractivity contribution in [3.8, 4) is 0 Å². The molecule has 6 heteroatoms. The maximum atomic E-state index is 12.6. The van der Waals surface area contributed by atoms with Crippen LogP contribution >= 0.6 is 0 Å². The molecule has 2 rings (SSSR count). The molecule has 0 radical (unpaired) electrons. The molecule has 1 aliphatic rings. The van der Waals surface area contributed by atoms with E-state index in [2.05, 4.69) is 43.3 Å². The number of hydrogen-bond donors (Lipinski definition) is 2. The molecule has 1 saturated heterocycles. The van der Waals surface area contributed by atoms with E-state index in [1.807, 2.05) is 19.1 Å². The Morgan fingerprint density at radius 2 is 1.77 bits per heavy atom. The van der Waals surface area contributed by atoms with Gasteiger partial charge in [0.05, 0.1) is 0 Å². The van der Waals surface area contributed by atoms with Crippen LogP contribution in [0.3, 0.4) is 0 Å². The third kappa shape index (κ3) is 5.80. The van der Waals surface area contributed by atoms with Gasteiger partial charge in [0, 0.05) is 42.6 Å². The zero-order valence-corrected chi connectivity index (χ0v) is 16.6. The number of amides is 2. The molecular weight excluding hydrogens is 328 g/mol. The van der Waals surface area contributed by atoms with Crippen molar-refractivity contribution < 1.29 is 9.59 Å². The molecule has 6 nitrogen and oxygen atoms in total. The second-order valence-electron chi connectivity index (χ2n) is 8.46. The highest BCUT2D eigenvalue weighted by molar-refractivity contribution is 6.35. The van der Waals surface area contributed by atoms with Crippen LogP contribution in [0.2, 0.25) is 0 Å². The van der Waals surface area contributed by atoms with Crippen molar-refractivity contribution in [2.45, 2.75) is 71.0 Å². The number of carbonyl (C=O) groups is 2. The third-order valence-corrected chi connectivity index (χ3v) is 4.81. The van der Waals surface area contributed by atoms with Gasteiger partial charge in [-0.25, -0.2) is 0 Å². The fourth-order valence-corrected chi connectivity index (χ4v) is 4.03. The minimum absolute atomic E-state index is 0.00314. The molecule has 0 aromatic carbocycles. The maximum absolute atomic E-state index is 12.6. The van der Waals surface area contributed by atoms with E-state index in [0.29, 0.717) is 19.5 Å². The number of aromatic nitrogens is 1. The van der Waals surface area contributed by atoms with Crippen LogP contribution in [-0.4, -0.2) is 51.9 Å². The van der Waals surface area contributed by atoms with Gasteiger partial charge < -0.3 is 15.5 Å². The zero-order chi connectivity index (χ0) is 19.4. The van der Waals surface area contributed by atoms with E-state index in [0.717, 1.165) is 18.4 Å². The van der Waals surface area contributed by atoms with Gasteiger partial charge in [-0.3, -0.25) is 14.6 Å². The molecule has 0 bridgehead atoms. The summed E-state index contributed by atoms with van der Waals surface area (Å²) in [6.45, 7) is 11.4. The SMILES string of the molecule is CCN(CCc1ccncc1)C(=O)C(=O)NC1CC(C)(C)NC(C)(C)C1. The smallest absolute Gasteiger partial charge is 0.311 e. The summed E-state index contributed by atoms with van der Waals surface area (Å²) in [5.74, 6) is -0.948. The molecule has 0 spiro atoms. The molecule has 0 unspecified atom stereocenters. The number of nitrogens with zero attached hydrogens (tertiary/aromatic N) is 2. The van der Waals surface area contributed by atoms with E-state index in [1.165, 1.54) is 0 Å². The van der Waals surface area contributed by atoms with Crippen molar-refractivity contribution in [2.24, 2.45) is 0 Å². The zero-order valence-electron chi connectivity index (χ0n) is 16.6. The first-order valence-electron chi connectivity index (χ1n) is 9.40. The van der Waals surface area contributed by atoms with Gasteiger partial charge in [0.15, 0.2) is 0 Å². The normalized spacial score (nSPS) is 19.0. The van der Waals surface area contributed by atoms with Crippen molar-refractivity contribution in [1.82, 2.24) is 20.5 Å². The molecular formula is C20H32N4O2. The predicted octanol–water partition coefficient (Wildman–Crippen LogP) is 1.90. The molecule has 2 heterocycles. The topological polar surface area (TPSA) is 74.3 Å². The monoisotopic (exact) mass is 360 g/mol. The van der Waals surface area contributed by atoms with Crippen LogP contribution in [0.15, 0.2) is 24.5 Å². The van der Waals surface area contributed by atoms with Crippen molar-refractivity contribution in [2.75, 3.05) is 13.1 Å². The fraction of sp³-hybridized carbons (Fsp3) is 0.650. The maximum Gasteiger partial charge on any atom is 0.311 e. The Labute approximate surface area is 156 Å². The van der Waals surface area contributed by atoms with Crippen LogP contribution in [0, 0.1) is 0 Å². The molecule has 26 heavy (non-hydrogen) atoms. The Hall–Kier alpha value is -1.95. The van der Waals surface area contributed by atoms with E-state index < -0.39 is 11.8 Å². The average molecular weight is 361 g/mol. The van der Waals surface area contributed by atoms with Gasteiger partial charge in [-0.05, 0) is 71.6 Å². The molecule has 144 valence electrons. The summed E-state index contributed by atoms with van der Waals surface area (Å²) >= 11 is 0. The quantitative estimate of drug-likeness (QED) is 0.787. The fourth-order valence-electron chi connectivity index (χ4n) is 4.03. The molecule has 1 aromatic heterocycles. The minimum atomic E-state index is -0.500. The second kappa shape index (κ2) is 8.16. The molecule has 2 N–H and O–H groups in total. The second-order valence-corrected chi connectivity index (χ2v) is 8.46. The summed E-state index contributed by atoms with van der Waals surface area (Å²) in [5, 5.41) is 6.55. The number of rotatable bonds is 5. The van der Waals surface area contributed by atoms with E-state index >= 15 is 0 Å². The number of carbonyl (C=O) groups excluding carboxylic acids is 2. The number of likely N-dealkylation sites (N-methyl/N-ethyl adjacent to an activating group) is 1. The molecule has 0 aliphatic carbocycles. The number of nitrogens with one attached hydrogen (secondary N) is 2. The highest BCUT2D eigenvalue weighted by Crippen LogP contribution is 2.28. The van der Waals surface area contributed by atoms with Crippen LogP contribution in [0.25, 0.3) is 0 Å². The van der Waals surface area contributed by atoms with Crippen LogP contribution in [0.1, 0.15) is 53.0 Å². The Balaban J connectivity index is 1.93. The van der Waals surface area contributed by atoms with Gasteiger partial charge in [0.1, 0.15) is 0 Å². The lowest BCUT2D eigenvalue weighted by molar-refractivity contribution is -0.146. The van der Waals surface area contributed by atoms with Gasteiger partial charge in [0.2, 0.25) is 0 Å². The lowest BCUT2D eigenvalue weighted by Gasteiger charge is -2.46. The first kappa shape index (κ1) is 20.4. The standard InChI is InChI=1S/C20H32N4O2/c1-6-24(12-9-15-7-10-21-11-8-15)18(26)17(25)22-16-13-19(2,3)23-20(4,5)14-16/h7-8,10-11,16,23H,6,9,12-14H2,1-5H3,(H,22,25). The lowest BCUT2D eigenvalue weighted by Crippen LogP contribution is -2.63. The van der Waals surface area contributed by atoms with E-state index in [-0.39, 0.29) is 17.1 Å². The van der Waals surface area contributed by atoms with Gasteiger partial charge in [0.25, 0.3) is 0 Å². The average Bonchev–Trinajstić information content (AvgIpc) is 2.53. The van der Waals surface area contributed by atoms with Gasteiger partial charge in [-0.1, -0.05) is 0 Å². The molecule has 1 aliphatic heterocycles. The summed E-state index contributed by atoms with van der Waals surface area (Å²) in [4.78, 5) is 30.7. The molecule has 1 fully saturated rings. The van der Waals surface area contributed by atoms with Gasteiger partial charge in [-0.2, -0.15) is 0 Å². The summed E-state index contributed by atoms with van der Waals surface area (Å²) in [6, 6.07) is 3.85. The Morgan fingerprint density at radius 3 is 2.31 bits per heavy atom. The first-order chi connectivity index (χ1) is 12.1. The summed E-state index contributed by atoms with van der Waals surface area (Å²) in [5.41, 5.74) is 0.955.